The van der Waals surface area contributed by atoms with Gasteiger partial charge in [-0.3, -0.25) is 0 Å². The minimum Gasteiger partial charge on any atom is -1.00 e. The molecule has 2 heteroatoms. The second-order valence-corrected chi connectivity index (χ2v) is 5.41. The fraction of sp³-hybridized carbons (Fsp3) is 0.222. The van der Waals surface area contributed by atoms with Gasteiger partial charge in [0.15, 0.2) is 0 Å². The summed E-state index contributed by atoms with van der Waals surface area (Å²) in [5, 5.41) is 0. The maximum atomic E-state index is 4.50. The van der Waals surface area contributed by atoms with Gasteiger partial charge in [0.2, 0.25) is 0 Å². The van der Waals surface area contributed by atoms with Gasteiger partial charge in [0.1, 0.15) is 5.54 Å². The molecular weight excluding hydrogens is 266 g/mol. The summed E-state index contributed by atoms with van der Waals surface area (Å²) >= 11 is 0. The van der Waals surface area contributed by atoms with Gasteiger partial charge in [-0.2, -0.15) is 0 Å². The zero-order valence-electron chi connectivity index (χ0n) is 12.1. The molecule has 0 amide bonds. The Morgan fingerprint density at radius 2 is 1.45 bits per heavy atom. The molecular formula is C18H22ClN. The van der Waals surface area contributed by atoms with Crippen LogP contribution in [0.3, 0.4) is 0 Å². The molecule has 0 aliphatic carbocycles. The van der Waals surface area contributed by atoms with Crippen LogP contribution in [0.4, 0.5) is 0 Å². The third kappa shape index (κ3) is 4.22. The van der Waals surface area contributed by atoms with Gasteiger partial charge in [-0.05, 0) is 25.5 Å². The van der Waals surface area contributed by atoms with E-state index >= 15 is 0 Å². The van der Waals surface area contributed by atoms with Crippen LogP contribution >= 0.6 is 0 Å². The van der Waals surface area contributed by atoms with Crippen LogP contribution in [0.5, 0.6) is 0 Å². The smallest absolute Gasteiger partial charge is 0.143 e. The van der Waals surface area contributed by atoms with Crippen molar-refractivity contribution in [3.8, 4) is 0 Å². The lowest BCUT2D eigenvalue weighted by Crippen LogP contribution is -3.00. The van der Waals surface area contributed by atoms with E-state index in [0.717, 1.165) is 6.42 Å². The molecule has 1 nitrogen and oxygen atoms in total. The highest BCUT2D eigenvalue weighted by Gasteiger charge is 2.29. The quantitative estimate of drug-likeness (QED) is 0.786. The van der Waals surface area contributed by atoms with Crippen LogP contribution in [0.15, 0.2) is 72.3 Å². The summed E-state index contributed by atoms with van der Waals surface area (Å²) < 4.78 is 0. The van der Waals surface area contributed by atoms with E-state index in [4.69, 9.17) is 0 Å². The van der Waals surface area contributed by atoms with Crippen molar-refractivity contribution in [2.45, 2.75) is 25.8 Å². The third-order valence-corrected chi connectivity index (χ3v) is 3.28. The molecule has 0 aromatic heterocycles. The minimum atomic E-state index is -0.193. The van der Waals surface area contributed by atoms with Crippen molar-refractivity contribution < 1.29 is 18.1 Å². The van der Waals surface area contributed by atoms with E-state index in [9.17, 15) is 0 Å². The van der Waals surface area contributed by atoms with Crippen molar-refractivity contribution in [3.63, 3.8) is 0 Å². The molecule has 0 aliphatic heterocycles. The highest BCUT2D eigenvalue weighted by Crippen LogP contribution is 2.24. The molecule has 1 atom stereocenters. The molecule has 0 radical (unpaired) electrons. The fourth-order valence-corrected chi connectivity index (χ4v) is 2.52. The summed E-state index contributed by atoms with van der Waals surface area (Å²) in [6, 6.07) is 21.1. The fourth-order valence-electron chi connectivity index (χ4n) is 2.52. The summed E-state index contributed by atoms with van der Waals surface area (Å²) in [5.41, 5.74) is 8.19. The summed E-state index contributed by atoms with van der Waals surface area (Å²) in [5.74, 6) is 0. The molecule has 3 N–H and O–H groups in total. The monoisotopic (exact) mass is 287 g/mol. The maximum Gasteiger partial charge on any atom is 0.143 e. The van der Waals surface area contributed by atoms with Crippen molar-refractivity contribution in [1.29, 1.82) is 0 Å². The number of quaternary nitrogens is 1. The standard InChI is InChI=1S/C18H21N.ClH/c1-15(2)13-18(19,17-11-7-4-8-12-17)14-16-9-5-3-6-10-16;/h3-13H,14,19H2,1-2H3;1H. The summed E-state index contributed by atoms with van der Waals surface area (Å²) in [4.78, 5) is 0. The summed E-state index contributed by atoms with van der Waals surface area (Å²) in [7, 11) is 0. The Balaban J connectivity index is 0.00000200. The molecule has 20 heavy (non-hydrogen) atoms. The summed E-state index contributed by atoms with van der Waals surface area (Å²) in [6.45, 7) is 4.27. The van der Waals surface area contributed by atoms with E-state index in [1.54, 1.807) is 0 Å². The Labute approximate surface area is 127 Å². The van der Waals surface area contributed by atoms with Gasteiger partial charge in [-0.1, -0.05) is 66.2 Å². The molecule has 0 spiro atoms. The molecule has 2 rings (SSSR count). The van der Waals surface area contributed by atoms with Crippen molar-refractivity contribution in [1.82, 2.24) is 0 Å². The molecule has 0 saturated carbocycles. The van der Waals surface area contributed by atoms with Crippen molar-refractivity contribution in [2.75, 3.05) is 0 Å². The predicted molar refractivity (Wildman–Crippen MR) is 80.6 cm³/mol. The van der Waals surface area contributed by atoms with Crippen molar-refractivity contribution in [3.05, 3.63) is 83.4 Å². The van der Waals surface area contributed by atoms with E-state index in [-0.39, 0.29) is 17.9 Å². The number of hydrogen-bond acceptors (Lipinski definition) is 0. The largest absolute Gasteiger partial charge is 1.00 e. The molecule has 0 bridgehead atoms. The predicted octanol–water partition coefficient (Wildman–Crippen LogP) is 0.337. The lowest BCUT2D eigenvalue weighted by Gasteiger charge is -2.24. The average molecular weight is 288 g/mol. The number of benzene rings is 2. The van der Waals surface area contributed by atoms with Crippen LogP contribution in [0.1, 0.15) is 25.0 Å². The SMILES string of the molecule is CC(C)=CC([NH3+])(Cc1ccccc1)c1ccccc1.[Cl-]. The topological polar surface area (TPSA) is 27.6 Å². The van der Waals surface area contributed by atoms with Crippen LogP contribution in [-0.2, 0) is 12.0 Å². The van der Waals surface area contributed by atoms with E-state index < -0.39 is 0 Å². The van der Waals surface area contributed by atoms with E-state index in [0.29, 0.717) is 0 Å². The molecule has 0 fully saturated rings. The Kier molecular flexibility index (Phi) is 6.00. The van der Waals surface area contributed by atoms with Gasteiger partial charge in [0.05, 0.1) is 0 Å². The van der Waals surface area contributed by atoms with Gasteiger partial charge < -0.3 is 18.1 Å². The Morgan fingerprint density at radius 3 is 1.95 bits per heavy atom. The highest BCUT2D eigenvalue weighted by atomic mass is 35.5. The number of hydrogen-bond donors (Lipinski definition) is 1. The first kappa shape index (κ1) is 16.5. The van der Waals surface area contributed by atoms with Gasteiger partial charge in [0.25, 0.3) is 0 Å². The number of rotatable bonds is 4. The molecule has 0 aliphatic rings. The van der Waals surface area contributed by atoms with Crippen LogP contribution < -0.4 is 18.1 Å². The Morgan fingerprint density at radius 1 is 0.950 bits per heavy atom. The summed E-state index contributed by atoms with van der Waals surface area (Å²) in [6.07, 6.45) is 3.19. The average Bonchev–Trinajstić information content (AvgIpc) is 2.40. The maximum absolute atomic E-state index is 4.50. The van der Waals surface area contributed by atoms with E-state index in [2.05, 4.69) is 86.3 Å². The minimum absolute atomic E-state index is 0. The van der Waals surface area contributed by atoms with Crippen LogP contribution in [0.25, 0.3) is 0 Å². The first-order valence-electron chi connectivity index (χ1n) is 6.71. The first-order chi connectivity index (χ1) is 9.10. The van der Waals surface area contributed by atoms with Crippen LogP contribution in [0, 0.1) is 0 Å². The van der Waals surface area contributed by atoms with E-state index in [1.807, 2.05) is 0 Å². The van der Waals surface area contributed by atoms with E-state index in [1.165, 1.54) is 16.7 Å². The molecule has 106 valence electrons. The molecule has 1 unspecified atom stereocenters. The zero-order valence-corrected chi connectivity index (χ0v) is 12.9. The second kappa shape index (κ2) is 7.28. The van der Waals surface area contributed by atoms with Crippen molar-refractivity contribution in [2.24, 2.45) is 0 Å². The van der Waals surface area contributed by atoms with Crippen LogP contribution in [0.2, 0.25) is 0 Å². The van der Waals surface area contributed by atoms with Gasteiger partial charge in [-0.15, -0.1) is 0 Å². The zero-order chi connectivity index (χ0) is 13.7. The normalized spacial score (nSPS) is 12.9. The van der Waals surface area contributed by atoms with Gasteiger partial charge >= 0.3 is 0 Å². The third-order valence-electron chi connectivity index (χ3n) is 3.28. The number of halogens is 1. The second-order valence-electron chi connectivity index (χ2n) is 5.41. The van der Waals surface area contributed by atoms with Crippen LogP contribution in [-0.4, -0.2) is 0 Å². The lowest BCUT2D eigenvalue weighted by molar-refractivity contribution is -0.468. The highest BCUT2D eigenvalue weighted by molar-refractivity contribution is 5.31. The molecule has 0 saturated heterocycles. The van der Waals surface area contributed by atoms with Gasteiger partial charge in [0, 0.05) is 12.0 Å². The van der Waals surface area contributed by atoms with Gasteiger partial charge in [-0.25, -0.2) is 0 Å². The Hall–Kier alpha value is -1.57. The Bertz CT molecular complexity index is 544. The first-order valence-corrected chi connectivity index (χ1v) is 6.71. The van der Waals surface area contributed by atoms with Crippen molar-refractivity contribution >= 4 is 0 Å². The molecule has 2 aromatic carbocycles. The molecule has 0 heterocycles. The lowest BCUT2D eigenvalue weighted by atomic mass is 9.83. The molecule has 2 aromatic rings. The number of allylic oxidation sites excluding steroid dienone is 1.